The number of aryl methyl sites for hydroxylation is 4. The Morgan fingerprint density at radius 3 is 2.12 bits per heavy atom. The predicted molar refractivity (Wildman–Crippen MR) is 101 cm³/mol. The number of benzene rings is 2. The van der Waals surface area contributed by atoms with Crippen molar-refractivity contribution in [3.63, 3.8) is 0 Å². The molecule has 0 saturated carbocycles. The van der Waals surface area contributed by atoms with Crippen molar-refractivity contribution in [3.05, 3.63) is 68.2 Å². The highest BCUT2D eigenvalue weighted by Gasteiger charge is 2.18. The normalized spacial score (nSPS) is 11.7. The highest BCUT2D eigenvalue weighted by molar-refractivity contribution is 7.92. The molecule has 136 valence electrons. The van der Waals surface area contributed by atoms with Crippen LogP contribution in [0, 0.1) is 13.8 Å². The number of hydrogen-bond donors (Lipinski definition) is 1. The maximum absolute atomic E-state index is 12.8. The Bertz CT molecular complexity index is 1250. The van der Waals surface area contributed by atoms with E-state index in [9.17, 15) is 18.0 Å². The van der Waals surface area contributed by atoms with Crippen LogP contribution in [0.25, 0.3) is 11.0 Å². The van der Waals surface area contributed by atoms with Gasteiger partial charge in [-0.05, 0) is 49.2 Å². The van der Waals surface area contributed by atoms with E-state index in [1.165, 1.54) is 36.9 Å². The van der Waals surface area contributed by atoms with Crippen LogP contribution in [-0.2, 0) is 24.1 Å². The van der Waals surface area contributed by atoms with E-state index < -0.39 is 21.1 Å². The molecular formula is C18H19N3O4S. The minimum Gasteiger partial charge on any atom is -0.305 e. The third-order valence-electron chi connectivity index (χ3n) is 4.41. The summed E-state index contributed by atoms with van der Waals surface area (Å²) >= 11 is 0. The Hall–Kier alpha value is -2.87. The molecule has 0 aliphatic carbocycles. The van der Waals surface area contributed by atoms with Crippen molar-refractivity contribution < 1.29 is 8.42 Å². The fraction of sp³-hybridized carbons (Fsp3) is 0.222. The summed E-state index contributed by atoms with van der Waals surface area (Å²) in [5.41, 5.74) is 1.70. The van der Waals surface area contributed by atoms with Gasteiger partial charge < -0.3 is 9.13 Å². The summed E-state index contributed by atoms with van der Waals surface area (Å²) in [4.78, 5) is 23.9. The Morgan fingerprint density at radius 1 is 0.846 bits per heavy atom. The average molecular weight is 373 g/mol. The standard InChI is InChI=1S/C18H19N3O4S/c1-11-5-6-12(2)14(9-11)19-26(24,25)13-7-8-15-16(10-13)21(4)18(23)17(22)20(15)3/h5-10,19H,1-4H3. The SMILES string of the molecule is Cc1ccc(C)c(NS(=O)(=O)c2ccc3c(c2)n(C)c(=O)c(=O)n3C)c1. The number of hydrogen-bond acceptors (Lipinski definition) is 4. The van der Waals surface area contributed by atoms with Crippen molar-refractivity contribution in [2.75, 3.05) is 4.72 Å². The summed E-state index contributed by atoms with van der Waals surface area (Å²) in [6.45, 7) is 3.70. The van der Waals surface area contributed by atoms with Crippen LogP contribution in [0.3, 0.4) is 0 Å². The highest BCUT2D eigenvalue weighted by Crippen LogP contribution is 2.23. The first-order valence-corrected chi connectivity index (χ1v) is 9.40. The molecule has 3 aromatic rings. The van der Waals surface area contributed by atoms with Crippen LogP contribution < -0.4 is 15.8 Å². The Balaban J connectivity index is 2.17. The molecule has 0 spiro atoms. The van der Waals surface area contributed by atoms with E-state index in [-0.39, 0.29) is 4.90 Å². The molecule has 0 bridgehead atoms. The minimum atomic E-state index is -3.85. The van der Waals surface area contributed by atoms with Crippen LogP contribution in [0.4, 0.5) is 5.69 Å². The third kappa shape index (κ3) is 2.92. The fourth-order valence-corrected chi connectivity index (χ4v) is 3.92. The number of nitrogens with zero attached hydrogens (tertiary/aromatic N) is 2. The Kier molecular flexibility index (Phi) is 4.23. The number of nitrogens with one attached hydrogen (secondary N) is 1. The van der Waals surface area contributed by atoms with Gasteiger partial charge >= 0.3 is 11.1 Å². The molecule has 26 heavy (non-hydrogen) atoms. The fourth-order valence-electron chi connectivity index (χ4n) is 2.78. The second-order valence-electron chi connectivity index (χ2n) is 6.30. The molecule has 0 unspecified atom stereocenters. The maximum atomic E-state index is 12.8. The topological polar surface area (TPSA) is 90.2 Å². The molecule has 0 saturated heterocycles. The molecule has 0 aliphatic heterocycles. The van der Waals surface area contributed by atoms with Gasteiger partial charge in [-0.15, -0.1) is 0 Å². The molecule has 1 aromatic heterocycles. The number of fused-ring (bicyclic) bond motifs is 1. The van der Waals surface area contributed by atoms with E-state index >= 15 is 0 Å². The van der Waals surface area contributed by atoms with Crippen molar-refractivity contribution in [3.8, 4) is 0 Å². The quantitative estimate of drug-likeness (QED) is 0.707. The van der Waals surface area contributed by atoms with E-state index in [1.807, 2.05) is 26.0 Å². The Labute approximate surface area is 150 Å². The molecule has 1 heterocycles. The lowest BCUT2D eigenvalue weighted by Gasteiger charge is -2.13. The minimum absolute atomic E-state index is 0.0135. The van der Waals surface area contributed by atoms with Crippen molar-refractivity contribution >= 4 is 26.7 Å². The summed E-state index contributed by atoms with van der Waals surface area (Å²) in [5.74, 6) is 0. The van der Waals surface area contributed by atoms with Crippen LogP contribution >= 0.6 is 0 Å². The molecule has 0 amide bonds. The first-order valence-electron chi connectivity index (χ1n) is 7.91. The monoisotopic (exact) mass is 373 g/mol. The second-order valence-corrected chi connectivity index (χ2v) is 7.99. The number of rotatable bonds is 3. The van der Waals surface area contributed by atoms with Gasteiger partial charge in [-0.1, -0.05) is 12.1 Å². The largest absolute Gasteiger partial charge is 0.316 e. The summed E-state index contributed by atoms with van der Waals surface area (Å²) in [6.07, 6.45) is 0. The number of anilines is 1. The van der Waals surface area contributed by atoms with Crippen LogP contribution in [0.1, 0.15) is 11.1 Å². The second kappa shape index (κ2) is 6.14. The Morgan fingerprint density at radius 2 is 1.46 bits per heavy atom. The van der Waals surface area contributed by atoms with Gasteiger partial charge in [0.05, 0.1) is 21.6 Å². The van der Waals surface area contributed by atoms with E-state index in [4.69, 9.17) is 0 Å². The van der Waals surface area contributed by atoms with E-state index in [0.29, 0.717) is 16.7 Å². The molecule has 7 nitrogen and oxygen atoms in total. The van der Waals surface area contributed by atoms with Crippen molar-refractivity contribution in [1.82, 2.24) is 9.13 Å². The number of sulfonamides is 1. The summed E-state index contributed by atoms with van der Waals surface area (Å²) < 4.78 is 30.5. The van der Waals surface area contributed by atoms with Crippen LogP contribution in [0.15, 0.2) is 50.9 Å². The van der Waals surface area contributed by atoms with Crippen LogP contribution in [0.5, 0.6) is 0 Å². The van der Waals surface area contributed by atoms with Crippen molar-refractivity contribution in [2.24, 2.45) is 14.1 Å². The molecule has 2 aromatic carbocycles. The van der Waals surface area contributed by atoms with E-state index in [2.05, 4.69) is 4.72 Å². The average Bonchev–Trinajstić information content (AvgIpc) is 2.60. The van der Waals surface area contributed by atoms with Gasteiger partial charge in [0.1, 0.15) is 0 Å². The van der Waals surface area contributed by atoms with Gasteiger partial charge in [0.2, 0.25) is 0 Å². The van der Waals surface area contributed by atoms with Gasteiger partial charge in [0.15, 0.2) is 0 Å². The zero-order valence-corrected chi connectivity index (χ0v) is 15.7. The van der Waals surface area contributed by atoms with E-state index in [1.54, 1.807) is 6.07 Å². The van der Waals surface area contributed by atoms with Crippen molar-refractivity contribution in [1.29, 1.82) is 0 Å². The summed E-state index contributed by atoms with van der Waals surface area (Å²) in [6, 6.07) is 9.83. The lowest BCUT2D eigenvalue weighted by Crippen LogP contribution is -2.39. The predicted octanol–water partition coefficient (Wildman–Crippen LogP) is 1.65. The van der Waals surface area contributed by atoms with Crippen molar-refractivity contribution in [2.45, 2.75) is 18.7 Å². The summed E-state index contributed by atoms with van der Waals surface area (Å²) in [7, 11) is -0.924. The van der Waals surface area contributed by atoms with Crippen LogP contribution in [-0.4, -0.2) is 17.6 Å². The molecular weight excluding hydrogens is 354 g/mol. The van der Waals surface area contributed by atoms with Gasteiger partial charge in [0, 0.05) is 14.1 Å². The molecule has 0 fully saturated rings. The molecule has 0 atom stereocenters. The molecule has 0 aliphatic rings. The van der Waals surface area contributed by atoms with E-state index in [0.717, 1.165) is 15.7 Å². The van der Waals surface area contributed by atoms with Gasteiger partial charge in [-0.2, -0.15) is 0 Å². The highest BCUT2D eigenvalue weighted by atomic mass is 32.2. The summed E-state index contributed by atoms with van der Waals surface area (Å²) in [5, 5.41) is 0. The zero-order chi connectivity index (χ0) is 19.2. The third-order valence-corrected chi connectivity index (χ3v) is 5.77. The first-order chi connectivity index (χ1) is 12.1. The van der Waals surface area contributed by atoms with Gasteiger partial charge in [-0.3, -0.25) is 14.3 Å². The van der Waals surface area contributed by atoms with Gasteiger partial charge in [0.25, 0.3) is 10.0 Å². The lowest BCUT2D eigenvalue weighted by atomic mass is 10.1. The first kappa shape index (κ1) is 17.9. The van der Waals surface area contributed by atoms with Gasteiger partial charge in [-0.25, -0.2) is 8.42 Å². The number of aromatic nitrogens is 2. The molecule has 3 rings (SSSR count). The molecule has 8 heteroatoms. The zero-order valence-electron chi connectivity index (χ0n) is 14.9. The lowest BCUT2D eigenvalue weighted by molar-refractivity contribution is 0.601. The maximum Gasteiger partial charge on any atom is 0.316 e. The molecule has 0 radical (unpaired) electrons. The molecule has 1 N–H and O–H groups in total. The smallest absolute Gasteiger partial charge is 0.305 e. The van der Waals surface area contributed by atoms with Crippen LogP contribution in [0.2, 0.25) is 0 Å².